The summed E-state index contributed by atoms with van der Waals surface area (Å²) in [7, 11) is 0. The third kappa shape index (κ3) is 2.54. The molecule has 0 rings (SSSR count). The van der Waals surface area contributed by atoms with E-state index in [0.717, 1.165) is 0 Å². The maximum Gasteiger partial charge on any atom is -0.0195 e. The average molecular weight is 104 g/mol. The molecule has 0 aliphatic heterocycles. The third-order valence-corrected chi connectivity index (χ3v) is 1.24. The normalized spacial score (nSPS) is 14.5. The Morgan fingerprint density at radius 3 is 2.33 bits per heavy atom. The van der Waals surface area contributed by atoms with Crippen LogP contribution in [0.1, 0.15) is 6.92 Å². The van der Waals surface area contributed by atoms with Gasteiger partial charge in [0.05, 0.1) is 0 Å². The van der Waals surface area contributed by atoms with E-state index in [4.69, 9.17) is 0 Å². The van der Waals surface area contributed by atoms with Crippen molar-refractivity contribution in [2.45, 2.75) is 12.4 Å². The SMILES string of the molecule is C[CH]C([O-])SC. The van der Waals surface area contributed by atoms with Crippen LogP contribution in [0.25, 0.3) is 0 Å². The van der Waals surface area contributed by atoms with Crippen molar-refractivity contribution < 1.29 is 5.11 Å². The zero-order valence-corrected chi connectivity index (χ0v) is 4.79. The molecule has 2 heteroatoms. The van der Waals surface area contributed by atoms with Crippen molar-refractivity contribution in [1.82, 2.24) is 0 Å². The van der Waals surface area contributed by atoms with Gasteiger partial charge in [-0.25, -0.2) is 0 Å². The summed E-state index contributed by atoms with van der Waals surface area (Å²) in [6.07, 6.45) is 3.43. The fourth-order valence-corrected chi connectivity index (χ4v) is 0.408. The first-order valence-electron chi connectivity index (χ1n) is 1.79. The summed E-state index contributed by atoms with van der Waals surface area (Å²) in [5, 5.41) is 10.2. The van der Waals surface area contributed by atoms with Gasteiger partial charge in [-0.3, -0.25) is 0 Å². The van der Waals surface area contributed by atoms with E-state index < -0.39 is 5.44 Å². The molecule has 0 aliphatic rings. The van der Waals surface area contributed by atoms with Gasteiger partial charge in [-0.15, -0.1) is 0 Å². The second kappa shape index (κ2) is 3.50. The lowest BCUT2D eigenvalue weighted by atomic mass is 10.5. The maximum atomic E-state index is 10.2. The van der Waals surface area contributed by atoms with Crippen molar-refractivity contribution in [1.29, 1.82) is 0 Å². The van der Waals surface area contributed by atoms with Crippen LogP contribution in [-0.4, -0.2) is 11.7 Å². The molecule has 0 spiro atoms. The van der Waals surface area contributed by atoms with E-state index in [1.165, 1.54) is 11.8 Å². The van der Waals surface area contributed by atoms with E-state index in [1.807, 2.05) is 0 Å². The molecule has 1 nitrogen and oxygen atoms in total. The minimum Gasteiger partial charge on any atom is -0.844 e. The van der Waals surface area contributed by atoms with Crippen molar-refractivity contribution in [3.8, 4) is 0 Å². The van der Waals surface area contributed by atoms with E-state index in [2.05, 4.69) is 0 Å². The predicted octanol–water partition coefficient (Wildman–Crippen LogP) is 0.260. The second-order valence-electron chi connectivity index (χ2n) is 0.937. The largest absolute Gasteiger partial charge is 0.844 e. The summed E-state index contributed by atoms with van der Waals surface area (Å²) >= 11 is 1.31. The number of hydrogen-bond acceptors (Lipinski definition) is 2. The summed E-state index contributed by atoms with van der Waals surface area (Å²) in [6.45, 7) is 1.77. The van der Waals surface area contributed by atoms with Crippen LogP contribution in [-0.2, 0) is 0 Å². The molecule has 1 atom stereocenters. The third-order valence-electron chi connectivity index (χ3n) is 0.504. The molecule has 6 heavy (non-hydrogen) atoms. The molecule has 0 bridgehead atoms. The monoisotopic (exact) mass is 104 g/mol. The summed E-state index contributed by atoms with van der Waals surface area (Å²) in [6, 6.07) is 0. The predicted molar refractivity (Wildman–Crippen MR) is 27.3 cm³/mol. The smallest absolute Gasteiger partial charge is 0.0195 e. The summed E-state index contributed by atoms with van der Waals surface area (Å²) in [5.74, 6) is 0. The minimum absolute atomic E-state index is 0.523. The maximum absolute atomic E-state index is 10.2. The van der Waals surface area contributed by atoms with Crippen LogP contribution in [0, 0.1) is 6.42 Å². The Labute approximate surface area is 42.8 Å². The molecular weight excluding hydrogens is 96.1 g/mol. The van der Waals surface area contributed by atoms with Crippen LogP contribution >= 0.6 is 11.8 Å². The van der Waals surface area contributed by atoms with Gasteiger partial charge in [-0.1, -0.05) is 12.4 Å². The highest BCUT2D eigenvalue weighted by Crippen LogP contribution is 1.99. The Balaban J connectivity index is 2.75. The molecule has 0 aromatic heterocycles. The number of hydrogen-bond donors (Lipinski definition) is 0. The molecule has 0 saturated heterocycles. The molecule has 1 radical (unpaired) electrons. The van der Waals surface area contributed by atoms with Crippen LogP contribution in [0.4, 0.5) is 0 Å². The van der Waals surface area contributed by atoms with Gasteiger partial charge in [0, 0.05) is 0 Å². The Bertz CT molecular complexity index is 26.7. The van der Waals surface area contributed by atoms with Crippen molar-refractivity contribution >= 4 is 11.8 Å². The van der Waals surface area contributed by atoms with E-state index >= 15 is 0 Å². The standard InChI is InChI=1S/C4H8OS/c1-3-4(5)6-2/h3-4H,1-2H3/q-1. The van der Waals surface area contributed by atoms with E-state index in [9.17, 15) is 5.11 Å². The van der Waals surface area contributed by atoms with Crippen LogP contribution in [0.3, 0.4) is 0 Å². The summed E-state index contributed by atoms with van der Waals surface area (Å²) in [5.41, 5.74) is -0.523. The fourth-order valence-electron chi connectivity index (χ4n) is 0.136. The molecule has 0 aliphatic carbocycles. The van der Waals surface area contributed by atoms with Crippen molar-refractivity contribution in [3.05, 3.63) is 6.42 Å². The van der Waals surface area contributed by atoms with Gasteiger partial charge in [0.15, 0.2) is 0 Å². The van der Waals surface area contributed by atoms with Gasteiger partial charge in [0.2, 0.25) is 0 Å². The number of thioether (sulfide) groups is 1. The molecule has 0 aromatic carbocycles. The Morgan fingerprint density at radius 2 is 2.33 bits per heavy atom. The molecule has 0 amide bonds. The quantitative estimate of drug-likeness (QED) is 0.469. The van der Waals surface area contributed by atoms with Crippen molar-refractivity contribution in [2.75, 3.05) is 6.26 Å². The first kappa shape index (κ1) is 6.31. The van der Waals surface area contributed by atoms with Crippen molar-refractivity contribution in [3.63, 3.8) is 0 Å². The molecule has 0 heterocycles. The molecule has 0 N–H and O–H groups in total. The fraction of sp³-hybridized carbons (Fsp3) is 0.750. The molecule has 0 fully saturated rings. The van der Waals surface area contributed by atoms with E-state index in [1.54, 1.807) is 19.6 Å². The van der Waals surface area contributed by atoms with Crippen LogP contribution < -0.4 is 5.11 Å². The van der Waals surface area contributed by atoms with Gasteiger partial charge < -0.3 is 5.11 Å². The Kier molecular flexibility index (Phi) is 3.68. The van der Waals surface area contributed by atoms with Gasteiger partial charge >= 0.3 is 0 Å². The molecule has 0 saturated carbocycles. The summed E-state index contributed by atoms with van der Waals surface area (Å²) in [4.78, 5) is 0. The number of rotatable bonds is 2. The lowest BCUT2D eigenvalue weighted by Crippen LogP contribution is -2.18. The lowest BCUT2D eigenvalue weighted by Gasteiger charge is -2.14. The molecule has 0 aromatic rings. The molecular formula is C4H8OS-. The Hall–Kier alpha value is 0.310. The lowest BCUT2D eigenvalue weighted by molar-refractivity contribution is -0.374. The second-order valence-corrected chi connectivity index (χ2v) is 1.87. The van der Waals surface area contributed by atoms with E-state index in [-0.39, 0.29) is 0 Å². The summed E-state index contributed by atoms with van der Waals surface area (Å²) < 4.78 is 0. The highest BCUT2D eigenvalue weighted by Gasteiger charge is 1.79. The first-order valence-corrected chi connectivity index (χ1v) is 3.08. The van der Waals surface area contributed by atoms with Gasteiger partial charge in [0.25, 0.3) is 0 Å². The van der Waals surface area contributed by atoms with Gasteiger partial charge in [-0.2, -0.15) is 11.8 Å². The van der Waals surface area contributed by atoms with Crippen LogP contribution in [0.5, 0.6) is 0 Å². The highest BCUT2D eigenvalue weighted by atomic mass is 32.2. The van der Waals surface area contributed by atoms with Gasteiger partial charge in [-0.05, 0) is 12.7 Å². The first-order chi connectivity index (χ1) is 2.81. The van der Waals surface area contributed by atoms with Crippen LogP contribution in [0.2, 0.25) is 0 Å². The topological polar surface area (TPSA) is 23.1 Å². The van der Waals surface area contributed by atoms with E-state index in [0.29, 0.717) is 0 Å². The minimum atomic E-state index is -0.523. The zero-order valence-electron chi connectivity index (χ0n) is 3.97. The van der Waals surface area contributed by atoms with Crippen LogP contribution in [0.15, 0.2) is 0 Å². The van der Waals surface area contributed by atoms with Crippen molar-refractivity contribution in [2.24, 2.45) is 0 Å². The zero-order chi connectivity index (χ0) is 4.99. The average Bonchev–Trinajstić information content (AvgIpc) is 1.65. The highest BCUT2D eigenvalue weighted by molar-refractivity contribution is 7.99. The molecule has 37 valence electrons. The Morgan fingerprint density at radius 1 is 1.83 bits per heavy atom. The van der Waals surface area contributed by atoms with Gasteiger partial charge in [0.1, 0.15) is 0 Å². The molecule has 1 unspecified atom stereocenters.